The van der Waals surface area contributed by atoms with Gasteiger partial charge >= 0.3 is 0 Å². The van der Waals surface area contributed by atoms with Gasteiger partial charge in [0.1, 0.15) is 4.88 Å². The Labute approximate surface area is 120 Å². The Kier molecular flexibility index (Phi) is 4.94. The number of amides is 1. The second-order valence-electron chi connectivity index (χ2n) is 4.18. The number of aromatic nitrogens is 2. The van der Waals surface area contributed by atoms with E-state index in [1.807, 2.05) is 6.92 Å². The summed E-state index contributed by atoms with van der Waals surface area (Å²) < 4.78 is 4.65. The molecule has 0 unspecified atom stereocenters. The minimum absolute atomic E-state index is 0.124. The molecule has 2 aromatic heterocycles. The smallest absolute Gasteiger partial charge is 0.263 e. The highest BCUT2D eigenvalue weighted by atomic mass is 32.1. The van der Waals surface area contributed by atoms with Gasteiger partial charge in [-0.05, 0) is 12.5 Å². The van der Waals surface area contributed by atoms with Crippen molar-refractivity contribution in [3.63, 3.8) is 0 Å². The van der Waals surface area contributed by atoms with Crippen molar-refractivity contribution in [3.8, 4) is 0 Å². The maximum Gasteiger partial charge on any atom is 0.263 e. The van der Waals surface area contributed by atoms with Crippen molar-refractivity contribution in [2.24, 2.45) is 0 Å². The molecule has 0 bridgehead atoms. The van der Waals surface area contributed by atoms with Gasteiger partial charge in [0.25, 0.3) is 5.91 Å². The standard InChI is InChI=1S/C12H17N5O2S/c1-2-4-15-12(18)11-8(13)6-10(20-11)14-5-3-9-16-7-19-17-9/h6-7,14H,2-5,13H2,1H3,(H,15,18). The van der Waals surface area contributed by atoms with Crippen molar-refractivity contribution in [3.05, 3.63) is 23.2 Å². The van der Waals surface area contributed by atoms with E-state index in [-0.39, 0.29) is 5.91 Å². The number of carbonyl (C=O) groups is 1. The van der Waals surface area contributed by atoms with Gasteiger partial charge in [-0.25, -0.2) is 0 Å². The Morgan fingerprint density at radius 3 is 3.05 bits per heavy atom. The average Bonchev–Trinajstić information content (AvgIpc) is 3.06. The van der Waals surface area contributed by atoms with Gasteiger partial charge in [0.2, 0.25) is 6.39 Å². The Bertz CT molecular complexity index is 552. The maximum atomic E-state index is 11.9. The summed E-state index contributed by atoms with van der Waals surface area (Å²) in [7, 11) is 0. The molecular formula is C12H17N5O2S. The zero-order chi connectivity index (χ0) is 14.4. The lowest BCUT2D eigenvalue weighted by atomic mass is 10.3. The van der Waals surface area contributed by atoms with Gasteiger partial charge in [0.15, 0.2) is 5.82 Å². The molecule has 0 spiro atoms. The molecule has 0 atom stereocenters. The first-order chi connectivity index (χ1) is 9.70. The number of nitrogen functional groups attached to an aromatic ring is 1. The minimum atomic E-state index is -0.124. The van der Waals surface area contributed by atoms with Crippen LogP contribution in [-0.4, -0.2) is 29.1 Å². The number of hydrogen-bond acceptors (Lipinski definition) is 7. The summed E-state index contributed by atoms with van der Waals surface area (Å²) in [6, 6.07) is 1.77. The highest BCUT2D eigenvalue weighted by Gasteiger charge is 2.13. The van der Waals surface area contributed by atoms with Crippen LogP contribution in [0, 0.1) is 0 Å². The molecule has 0 aromatic carbocycles. The summed E-state index contributed by atoms with van der Waals surface area (Å²) >= 11 is 1.34. The van der Waals surface area contributed by atoms with E-state index in [4.69, 9.17) is 5.73 Å². The molecule has 0 aliphatic carbocycles. The fraction of sp³-hybridized carbons (Fsp3) is 0.417. The summed E-state index contributed by atoms with van der Waals surface area (Å²) in [5.41, 5.74) is 6.34. The quantitative estimate of drug-likeness (QED) is 0.715. The average molecular weight is 295 g/mol. The van der Waals surface area contributed by atoms with Crippen molar-refractivity contribution >= 4 is 27.9 Å². The van der Waals surface area contributed by atoms with E-state index >= 15 is 0 Å². The number of nitrogens with two attached hydrogens (primary N) is 1. The molecule has 8 heteroatoms. The summed E-state index contributed by atoms with van der Waals surface area (Å²) in [5, 5.41) is 10.6. The van der Waals surface area contributed by atoms with Gasteiger partial charge in [-0.15, -0.1) is 11.3 Å². The zero-order valence-corrected chi connectivity index (χ0v) is 12.0. The summed E-state index contributed by atoms with van der Waals surface area (Å²) in [6.45, 7) is 3.30. The van der Waals surface area contributed by atoms with E-state index in [2.05, 4.69) is 25.3 Å². The Morgan fingerprint density at radius 2 is 2.35 bits per heavy atom. The number of anilines is 2. The highest BCUT2D eigenvalue weighted by molar-refractivity contribution is 7.18. The molecule has 0 aliphatic rings. The third kappa shape index (κ3) is 3.70. The predicted octanol–water partition coefficient (Wildman–Crippen LogP) is 1.51. The van der Waals surface area contributed by atoms with Crippen molar-refractivity contribution in [1.29, 1.82) is 0 Å². The lowest BCUT2D eigenvalue weighted by Gasteiger charge is -2.01. The highest BCUT2D eigenvalue weighted by Crippen LogP contribution is 2.28. The van der Waals surface area contributed by atoms with Crippen LogP contribution in [0.5, 0.6) is 0 Å². The van der Waals surface area contributed by atoms with E-state index in [1.54, 1.807) is 6.07 Å². The fourth-order valence-electron chi connectivity index (χ4n) is 1.59. The van der Waals surface area contributed by atoms with Crippen LogP contribution in [0.2, 0.25) is 0 Å². The van der Waals surface area contributed by atoms with Gasteiger partial charge < -0.3 is 20.9 Å². The molecule has 0 radical (unpaired) electrons. The summed E-state index contributed by atoms with van der Waals surface area (Å²) in [5.74, 6) is 0.517. The third-order valence-corrected chi connectivity index (χ3v) is 3.66. The van der Waals surface area contributed by atoms with Crippen LogP contribution in [-0.2, 0) is 6.42 Å². The van der Waals surface area contributed by atoms with Crippen molar-refractivity contribution < 1.29 is 9.32 Å². The van der Waals surface area contributed by atoms with E-state index in [0.717, 1.165) is 11.4 Å². The SMILES string of the molecule is CCCNC(=O)c1sc(NCCc2ncon2)cc1N. The number of hydrogen-bond donors (Lipinski definition) is 3. The monoisotopic (exact) mass is 295 g/mol. The second kappa shape index (κ2) is 6.90. The lowest BCUT2D eigenvalue weighted by molar-refractivity contribution is 0.0958. The molecule has 0 fully saturated rings. The molecule has 20 heavy (non-hydrogen) atoms. The molecule has 108 valence electrons. The Morgan fingerprint density at radius 1 is 1.50 bits per heavy atom. The zero-order valence-electron chi connectivity index (χ0n) is 11.2. The van der Waals surface area contributed by atoms with Crippen molar-refractivity contribution in [1.82, 2.24) is 15.5 Å². The first-order valence-electron chi connectivity index (χ1n) is 6.37. The Balaban J connectivity index is 1.88. The van der Waals surface area contributed by atoms with E-state index in [9.17, 15) is 4.79 Å². The molecule has 0 aliphatic heterocycles. The molecule has 2 aromatic rings. The number of carbonyl (C=O) groups excluding carboxylic acids is 1. The number of thiophene rings is 1. The summed E-state index contributed by atoms with van der Waals surface area (Å²) in [6.07, 6.45) is 2.84. The van der Waals surface area contributed by atoms with Crippen LogP contribution >= 0.6 is 11.3 Å². The minimum Gasteiger partial charge on any atom is -0.397 e. The Hall–Kier alpha value is -2.09. The van der Waals surface area contributed by atoms with E-state index in [1.165, 1.54) is 17.7 Å². The number of nitrogens with one attached hydrogen (secondary N) is 2. The van der Waals surface area contributed by atoms with Gasteiger partial charge in [-0.1, -0.05) is 12.1 Å². The lowest BCUT2D eigenvalue weighted by Crippen LogP contribution is -2.23. The topological polar surface area (TPSA) is 106 Å². The second-order valence-corrected chi connectivity index (χ2v) is 5.23. The van der Waals surface area contributed by atoms with Gasteiger partial charge in [0, 0.05) is 19.5 Å². The summed E-state index contributed by atoms with van der Waals surface area (Å²) in [4.78, 5) is 16.3. The molecule has 1 amide bonds. The molecular weight excluding hydrogens is 278 g/mol. The maximum absolute atomic E-state index is 11.9. The first-order valence-corrected chi connectivity index (χ1v) is 7.19. The predicted molar refractivity (Wildman–Crippen MR) is 77.8 cm³/mol. The third-order valence-electron chi connectivity index (χ3n) is 2.56. The van der Waals surface area contributed by atoms with Crippen molar-refractivity contribution in [2.45, 2.75) is 19.8 Å². The molecule has 7 nitrogen and oxygen atoms in total. The molecule has 0 saturated carbocycles. The van der Waals surface area contributed by atoms with Gasteiger partial charge in [-0.2, -0.15) is 4.98 Å². The van der Waals surface area contributed by atoms with E-state index < -0.39 is 0 Å². The number of nitrogens with zero attached hydrogens (tertiary/aromatic N) is 2. The fourth-order valence-corrected chi connectivity index (χ4v) is 2.51. The normalized spacial score (nSPS) is 10.4. The van der Waals surface area contributed by atoms with Crippen LogP contribution in [0.4, 0.5) is 10.7 Å². The van der Waals surface area contributed by atoms with Gasteiger partial charge in [0.05, 0.1) is 10.7 Å². The largest absolute Gasteiger partial charge is 0.397 e. The van der Waals surface area contributed by atoms with Crippen LogP contribution in [0.1, 0.15) is 28.8 Å². The first kappa shape index (κ1) is 14.3. The molecule has 2 heterocycles. The van der Waals surface area contributed by atoms with Crippen LogP contribution in [0.25, 0.3) is 0 Å². The molecule has 2 rings (SSSR count). The van der Waals surface area contributed by atoms with Crippen molar-refractivity contribution in [2.75, 3.05) is 24.1 Å². The number of rotatable bonds is 7. The van der Waals surface area contributed by atoms with Crippen LogP contribution < -0.4 is 16.4 Å². The van der Waals surface area contributed by atoms with Crippen LogP contribution in [0.15, 0.2) is 17.0 Å². The van der Waals surface area contributed by atoms with Crippen LogP contribution in [0.3, 0.4) is 0 Å². The van der Waals surface area contributed by atoms with E-state index in [0.29, 0.717) is 35.9 Å². The molecule has 0 saturated heterocycles. The van der Waals surface area contributed by atoms with Gasteiger partial charge in [-0.3, -0.25) is 4.79 Å². The molecule has 4 N–H and O–H groups in total.